The number of hydrogen-bond donors (Lipinski definition) is 0. The van der Waals surface area contributed by atoms with Gasteiger partial charge in [0, 0.05) is 17.1 Å². The van der Waals surface area contributed by atoms with E-state index in [0.717, 1.165) is 0 Å². The van der Waals surface area contributed by atoms with Crippen molar-refractivity contribution in [1.29, 1.82) is 0 Å². The van der Waals surface area contributed by atoms with Crippen LogP contribution in [-0.2, 0) is 42.4 Å². The molecule has 32 valence electrons. The molecule has 0 unspecified atom stereocenters. The van der Waals surface area contributed by atoms with Crippen LogP contribution in [0.3, 0.4) is 0 Å². The SMILES string of the molecule is [Fe].[O]=[Cr](=[O])=[O]. The Hall–Kier alpha value is 0.452. The molecule has 0 aliphatic carbocycles. The van der Waals surface area contributed by atoms with Crippen molar-refractivity contribution < 1.29 is 42.4 Å². The van der Waals surface area contributed by atoms with E-state index in [9.17, 15) is 0 Å². The summed E-state index contributed by atoms with van der Waals surface area (Å²) in [5, 5.41) is 0. The molecular formula is CrFeO3. The molecular weight excluding hydrogens is 156 g/mol. The Morgan fingerprint density at radius 1 is 1.00 bits per heavy atom. The second kappa shape index (κ2) is 4.45. The van der Waals surface area contributed by atoms with Crippen molar-refractivity contribution in [2.45, 2.75) is 0 Å². The summed E-state index contributed by atoms with van der Waals surface area (Å²) in [6, 6.07) is 0. The molecule has 0 aliphatic rings. The van der Waals surface area contributed by atoms with E-state index in [1.54, 1.807) is 0 Å². The predicted octanol–water partition coefficient (Wildman–Crippen LogP) is -0.361. The van der Waals surface area contributed by atoms with Gasteiger partial charge in [0.25, 0.3) is 0 Å². The summed E-state index contributed by atoms with van der Waals surface area (Å²) in [6.07, 6.45) is 0. The third kappa shape index (κ3) is 131. The average Bonchev–Trinajstić information content (AvgIpc) is 0.811. The van der Waals surface area contributed by atoms with E-state index in [2.05, 4.69) is 0 Å². The Labute approximate surface area is 42.9 Å². The van der Waals surface area contributed by atoms with E-state index in [1.165, 1.54) is 0 Å². The van der Waals surface area contributed by atoms with Crippen molar-refractivity contribution in [3.05, 3.63) is 0 Å². The summed E-state index contributed by atoms with van der Waals surface area (Å²) >= 11 is -3.79. The van der Waals surface area contributed by atoms with Gasteiger partial charge in [-0.25, -0.2) is 0 Å². The normalized spacial score (nSPS) is 4.80. The quantitative estimate of drug-likeness (QED) is 0.449. The van der Waals surface area contributed by atoms with Crippen molar-refractivity contribution in [2.24, 2.45) is 0 Å². The van der Waals surface area contributed by atoms with E-state index in [0.29, 0.717) is 0 Å². The van der Waals surface area contributed by atoms with E-state index >= 15 is 0 Å². The number of rotatable bonds is 0. The molecule has 0 saturated heterocycles. The van der Waals surface area contributed by atoms with E-state index < -0.39 is 14.0 Å². The molecule has 0 saturated carbocycles. The molecule has 5 heavy (non-hydrogen) atoms. The van der Waals surface area contributed by atoms with E-state index in [-0.39, 0.29) is 17.1 Å². The molecule has 3 nitrogen and oxygen atoms in total. The summed E-state index contributed by atoms with van der Waals surface area (Å²) < 4.78 is 25.6. The Morgan fingerprint density at radius 3 is 1.00 bits per heavy atom. The predicted molar refractivity (Wildman–Crippen MR) is 2.06 cm³/mol. The molecule has 0 aromatic rings. The molecule has 0 amide bonds. The third-order valence-corrected chi connectivity index (χ3v) is 0. The second-order valence-corrected chi connectivity index (χ2v) is 0.842. The second-order valence-electron chi connectivity index (χ2n) is 0.204. The van der Waals surface area contributed by atoms with Gasteiger partial charge in [0.15, 0.2) is 0 Å². The maximum absolute atomic E-state index is 8.54. The van der Waals surface area contributed by atoms with Crippen molar-refractivity contribution >= 4 is 0 Å². The van der Waals surface area contributed by atoms with Crippen LogP contribution in [0.2, 0.25) is 0 Å². The zero-order chi connectivity index (χ0) is 3.58. The van der Waals surface area contributed by atoms with Gasteiger partial charge in [-0.3, -0.25) is 0 Å². The Balaban J connectivity index is 0. The van der Waals surface area contributed by atoms with Gasteiger partial charge in [0.1, 0.15) is 0 Å². The molecule has 0 fully saturated rings. The molecule has 0 heterocycles. The molecule has 0 aromatic heterocycles. The third-order valence-electron chi connectivity index (χ3n) is 0. The molecule has 5 heteroatoms. The van der Waals surface area contributed by atoms with Gasteiger partial charge in [-0.15, -0.1) is 0 Å². The van der Waals surface area contributed by atoms with Crippen LogP contribution >= 0.6 is 0 Å². The van der Waals surface area contributed by atoms with Crippen LogP contribution in [0.1, 0.15) is 0 Å². The van der Waals surface area contributed by atoms with Gasteiger partial charge < -0.3 is 0 Å². The Morgan fingerprint density at radius 2 is 1.00 bits per heavy atom. The van der Waals surface area contributed by atoms with Crippen molar-refractivity contribution in [2.75, 3.05) is 0 Å². The zero-order valence-electron chi connectivity index (χ0n) is 1.99. The fourth-order valence-electron chi connectivity index (χ4n) is 0. The molecule has 0 radical (unpaired) electrons. The van der Waals surface area contributed by atoms with Crippen LogP contribution in [0.4, 0.5) is 0 Å². The zero-order valence-corrected chi connectivity index (χ0v) is 4.37. The van der Waals surface area contributed by atoms with Gasteiger partial charge in [-0.2, -0.15) is 0 Å². The maximum atomic E-state index is 8.54. The first-order chi connectivity index (χ1) is 1.73. The summed E-state index contributed by atoms with van der Waals surface area (Å²) in [5.41, 5.74) is 0. The van der Waals surface area contributed by atoms with Crippen LogP contribution in [0.15, 0.2) is 0 Å². The first kappa shape index (κ1) is 9.07. The Kier molecular flexibility index (Phi) is 8.07. The van der Waals surface area contributed by atoms with Crippen LogP contribution in [0, 0.1) is 0 Å². The summed E-state index contributed by atoms with van der Waals surface area (Å²) in [4.78, 5) is 0. The fourth-order valence-corrected chi connectivity index (χ4v) is 0. The average molecular weight is 156 g/mol. The molecule has 0 aromatic carbocycles. The fraction of sp³-hybridized carbons (Fsp3) is 0. The standard InChI is InChI=1S/Cr.Fe.3O. The van der Waals surface area contributed by atoms with Crippen molar-refractivity contribution in [1.82, 2.24) is 0 Å². The van der Waals surface area contributed by atoms with E-state index in [1.807, 2.05) is 0 Å². The van der Waals surface area contributed by atoms with Gasteiger partial charge in [-0.05, 0) is 0 Å². The minimum atomic E-state index is -3.79. The summed E-state index contributed by atoms with van der Waals surface area (Å²) in [5.74, 6) is 0. The van der Waals surface area contributed by atoms with Crippen LogP contribution in [0.25, 0.3) is 0 Å². The van der Waals surface area contributed by atoms with Gasteiger partial charge in [0.2, 0.25) is 0 Å². The first-order valence-electron chi connectivity index (χ1n) is 0.500. The van der Waals surface area contributed by atoms with Crippen LogP contribution < -0.4 is 0 Å². The van der Waals surface area contributed by atoms with Crippen molar-refractivity contribution in [3.8, 4) is 0 Å². The summed E-state index contributed by atoms with van der Waals surface area (Å²) in [6.45, 7) is 0. The first-order valence-corrected chi connectivity index (χ1v) is 2.06. The monoisotopic (exact) mass is 156 g/mol. The molecule has 0 spiro atoms. The topological polar surface area (TPSA) is 51.2 Å². The molecule has 0 rings (SSSR count). The van der Waals surface area contributed by atoms with Crippen LogP contribution in [-0.4, -0.2) is 0 Å². The molecule has 0 aliphatic heterocycles. The van der Waals surface area contributed by atoms with E-state index in [4.69, 9.17) is 11.4 Å². The number of hydrogen-bond acceptors (Lipinski definition) is 3. The van der Waals surface area contributed by atoms with Gasteiger partial charge in [-0.1, -0.05) is 0 Å². The molecule has 0 atom stereocenters. The van der Waals surface area contributed by atoms with Gasteiger partial charge in [0.05, 0.1) is 0 Å². The summed E-state index contributed by atoms with van der Waals surface area (Å²) in [7, 11) is 0. The van der Waals surface area contributed by atoms with Crippen LogP contribution in [0.5, 0.6) is 0 Å². The van der Waals surface area contributed by atoms with Gasteiger partial charge >= 0.3 is 25.4 Å². The minimum absolute atomic E-state index is 0. The Bertz CT molecular complexity index is 76.3. The molecule has 0 N–H and O–H groups in total. The molecule has 0 bridgehead atoms. The van der Waals surface area contributed by atoms with Crippen molar-refractivity contribution in [3.63, 3.8) is 0 Å².